The van der Waals surface area contributed by atoms with Crippen LogP contribution in [0.1, 0.15) is 35.5 Å². The van der Waals surface area contributed by atoms with Gasteiger partial charge in [0.2, 0.25) is 5.95 Å². The van der Waals surface area contributed by atoms with E-state index in [0.717, 1.165) is 16.8 Å². The number of pyridine rings is 1. The highest BCUT2D eigenvalue weighted by atomic mass is 16.5. The number of anilines is 2. The smallest absolute Gasteiger partial charge is 0.253 e. The minimum absolute atomic E-state index is 0.0898. The number of benzene rings is 1. The summed E-state index contributed by atoms with van der Waals surface area (Å²) in [5.74, 6) is 0.382. The van der Waals surface area contributed by atoms with Gasteiger partial charge in [-0.05, 0) is 43.7 Å². The second kappa shape index (κ2) is 8.67. The summed E-state index contributed by atoms with van der Waals surface area (Å²) in [7, 11) is 1.67. The average molecular weight is 476 g/mol. The molecule has 0 saturated carbocycles. The molecule has 35 heavy (non-hydrogen) atoms. The molecule has 3 aromatic rings. The molecule has 1 aromatic carbocycles. The van der Waals surface area contributed by atoms with Crippen molar-refractivity contribution in [2.24, 2.45) is 0 Å². The van der Waals surface area contributed by atoms with Crippen molar-refractivity contribution in [1.82, 2.24) is 19.9 Å². The molecule has 2 N–H and O–H groups in total. The molecule has 0 radical (unpaired) electrons. The molecule has 2 aromatic heterocycles. The molecular weight excluding hydrogens is 446 g/mol. The van der Waals surface area contributed by atoms with Crippen molar-refractivity contribution < 1.29 is 19.7 Å². The molecule has 1 fully saturated rings. The fourth-order valence-corrected chi connectivity index (χ4v) is 4.58. The van der Waals surface area contributed by atoms with Gasteiger partial charge in [0.15, 0.2) is 0 Å². The van der Waals surface area contributed by atoms with Gasteiger partial charge >= 0.3 is 0 Å². The van der Waals surface area contributed by atoms with Gasteiger partial charge in [-0.25, -0.2) is 15.0 Å². The van der Waals surface area contributed by atoms with Gasteiger partial charge in [0, 0.05) is 49.3 Å². The maximum Gasteiger partial charge on any atom is 0.253 e. The molecule has 0 aliphatic carbocycles. The minimum Gasteiger partial charge on any atom is -0.395 e. The van der Waals surface area contributed by atoms with Crippen LogP contribution in [0.15, 0.2) is 48.8 Å². The SMILES string of the molecule is CN(CCO)C(=O)c1ccc2c(c1)N(c1ncc(-c3cccc(C(C)(C)O)n3)cn1)CC21COC1. The van der Waals surface area contributed by atoms with Crippen molar-refractivity contribution in [1.29, 1.82) is 0 Å². The molecule has 9 heteroatoms. The maximum atomic E-state index is 12.8. The Bertz CT molecular complexity index is 1250. The average Bonchev–Trinajstić information content (AvgIpc) is 3.19. The third-order valence-electron chi connectivity index (χ3n) is 6.66. The Morgan fingerprint density at radius 1 is 1.20 bits per heavy atom. The summed E-state index contributed by atoms with van der Waals surface area (Å²) in [6.45, 7) is 5.46. The monoisotopic (exact) mass is 475 g/mol. The Labute approximate surface area is 204 Å². The van der Waals surface area contributed by atoms with Gasteiger partial charge in [-0.3, -0.25) is 4.79 Å². The zero-order valence-electron chi connectivity index (χ0n) is 20.1. The Balaban J connectivity index is 1.47. The standard InChI is InChI=1S/C26H29N5O4/c1-25(2,34)22-6-4-5-20(29-22)18-12-27-24(28-13-18)31-14-26(15-35-16-26)19-8-7-17(11-21(19)31)23(33)30(3)9-10-32/h4-8,11-13,32,34H,9-10,14-16H2,1-3H3. The van der Waals surface area contributed by atoms with Crippen LogP contribution in [0.3, 0.4) is 0 Å². The van der Waals surface area contributed by atoms with Gasteiger partial charge < -0.3 is 24.7 Å². The van der Waals surface area contributed by atoms with Crippen molar-refractivity contribution in [3.05, 3.63) is 65.6 Å². The molecule has 1 spiro atoms. The van der Waals surface area contributed by atoms with Crippen LogP contribution < -0.4 is 4.90 Å². The lowest BCUT2D eigenvalue weighted by atomic mass is 9.80. The van der Waals surface area contributed by atoms with E-state index in [1.54, 1.807) is 39.4 Å². The summed E-state index contributed by atoms with van der Waals surface area (Å²) in [5.41, 5.74) is 3.38. The largest absolute Gasteiger partial charge is 0.395 e. The van der Waals surface area contributed by atoms with E-state index in [0.29, 0.717) is 42.7 Å². The zero-order chi connectivity index (χ0) is 24.8. The van der Waals surface area contributed by atoms with E-state index < -0.39 is 5.60 Å². The van der Waals surface area contributed by atoms with Crippen molar-refractivity contribution in [2.45, 2.75) is 24.9 Å². The first-order valence-electron chi connectivity index (χ1n) is 11.6. The molecule has 2 aliphatic rings. The number of likely N-dealkylation sites (N-methyl/N-ethyl adjacent to an activating group) is 1. The molecule has 0 unspecified atom stereocenters. The summed E-state index contributed by atoms with van der Waals surface area (Å²) in [6, 6.07) is 11.2. The first-order chi connectivity index (χ1) is 16.7. The summed E-state index contributed by atoms with van der Waals surface area (Å²) >= 11 is 0. The fourth-order valence-electron chi connectivity index (χ4n) is 4.58. The number of aromatic nitrogens is 3. The van der Waals surface area contributed by atoms with E-state index in [1.807, 2.05) is 35.2 Å². The summed E-state index contributed by atoms with van der Waals surface area (Å²) in [5, 5.41) is 19.5. The first-order valence-corrected chi connectivity index (χ1v) is 11.6. The number of fused-ring (bicyclic) bond motifs is 2. The molecule has 0 atom stereocenters. The summed E-state index contributed by atoms with van der Waals surface area (Å²) in [4.78, 5) is 30.2. The summed E-state index contributed by atoms with van der Waals surface area (Å²) < 4.78 is 5.57. The molecule has 2 aliphatic heterocycles. The molecule has 0 bridgehead atoms. The van der Waals surface area contributed by atoms with E-state index in [4.69, 9.17) is 4.74 Å². The van der Waals surface area contributed by atoms with E-state index in [9.17, 15) is 15.0 Å². The van der Waals surface area contributed by atoms with Crippen LogP contribution in [-0.4, -0.2) is 75.9 Å². The number of carbonyl (C=O) groups excluding carboxylic acids is 1. The third kappa shape index (κ3) is 4.16. The molecule has 5 rings (SSSR count). The van der Waals surface area contributed by atoms with Crippen LogP contribution in [0.2, 0.25) is 0 Å². The molecule has 1 amide bonds. The predicted octanol–water partition coefficient (Wildman–Crippen LogP) is 2.25. The Morgan fingerprint density at radius 2 is 1.94 bits per heavy atom. The van der Waals surface area contributed by atoms with Crippen LogP contribution in [0.4, 0.5) is 11.6 Å². The van der Waals surface area contributed by atoms with Crippen LogP contribution >= 0.6 is 0 Å². The van der Waals surface area contributed by atoms with Gasteiger partial charge in [-0.2, -0.15) is 0 Å². The lowest BCUT2D eigenvalue weighted by Crippen LogP contribution is -2.49. The number of amides is 1. The van der Waals surface area contributed by atoms with Gasteiger partial charge in [0.25, 0.3) is 5.91 Å². The second-order valence-electron chi connectivity index (χ2n) is 9.78. The number of ether oxygens (including phenoxy) is 1. The quantitative estimate of drug-likeness (QED) is 0.558. The van der Waals surface area contributed by atoms with Crippen LogP contribution in [0, 0.1) is 0 Å². The normalized spacial score (nSPS) is 16.2. The topological polar surface area (TPSA) is 112 Å². The van der Waals surface area contributed by atoms with E-state index in [2.05, 4.69) is 15.0 Å². The fraction of sp³-hybridized carbons (Fsp3) is 0.385. The van der Waals surface area contributed by atoms with E-state index in [-0.39, 0.29) is 24.5 Å². The van der Waals surface area contributed by atoms with Crippen molar-refractivity contribution in [3.8, 4) is 11.3 Å². The zero-order valence-corrected chi connectivity index (χ0v) is 20.1. The predicted molar refractivity (Wildman–Crippen MR) is 130 cm³/mol. The van der Waals surface area contributed by atoms with Crippen molar-refractivity contribution in [2.75, 3.05) is 44.9 Å². The molecule has 182 valence electrons. The number of aliphatic hydroxyl groups is 2. The second-order valence-corrected chi connectivity index (χ2v) is 9.78. The number of rotatable bonds is 6. The number of hydrogen-bond donors (Lipinski definition) is 2. The van der Waals surface area contributed by atoms with Crippen LogP contribution in [-0.2, 0) is 15.8 Å². The Kier molecular flexibility index (Phi) is 5.79. The van der Waals surface area contributed by atoms with Crippen molar-refractivity contribution >= 4 is 17.5 Å². The molecule has 1 saturated heterocycles. The third-order valence-corrected chi connectivity index (χ3v) is 6.66. The highest BCUT2D eigenvalue weighted by Gasteiger charge is 2.49. The summed E-state index contributed by atoms with van der Waals surface area (Å²) in [6.07, 6.45) is 3.45. The maximum absolute atomic E-state index is 12.8. The minimum atomic E-state index is -1.05. The first kappa shape index (κ1) is 23.3. The molecule has 4 heterocycles. The number of nitrogens with zero attached hydrogens (tertiary/aromatic N) is 5. The Hall–Kier alpha value is -3.40. The highest BCUT2D eigenvalue weighted by Crippen LogP contribution is 2.47. The van der Waals surface area contributed by atoms with Gasteiger partial charge in [-0.1, -0.05) is 12.1 Å². The highest BCUT2D eigenvalue weighted by molar-refractivity contribution is 5.96. The molecular formula is C26H29N5O4. The number of aliphatic hydroxyl groups excluding tert-OH is 1. The van der Waals surface area contributed by atoms with Crippen LogP contribution in [0.5, 0.6) is 0 Å². The van der Waals surface area contributed by atoms with Crippen molar-refractivity contribution in [3.63, 3.8) is 0 Å². The van der Waals surface area contributed by atoms with Crippen LogP contribution in [0.25, 0.3) is 11.3 Å². The van der Waals surface area contributed by atoms with Gasteiger partial charge in [0.1, 0.15) is 5.60 Å². The van der Waals surface area contributed by atoms with Gasteiger partial charge in [0.05, 0.1) is 36.6 Å². The van der Waals surface area contributed by atoms with E-state index >= 15 is 0 Å². The van der Waals surface area contributed by atoms with E-state index in [1.165, 1.54) is 4.90 Å². The number of hydrogen-bond acceptors (Lipinski definition) is 8. The lowest BCUT2D eigenvalue weighted by molar-refractivity contribution is -0.0507. The van der Waals surface area contributed by atoms with Gasteiger partial charge in [-0.15, -0.1) is 0 Å². The Morgan fingerprint density at radius 3 is 2.57 bits per heavy atom. The lowest BCUT2D eigenvalue weighted by Gasteiger charge is -2.38. The number of carbonyl (C=O) groups is 1. The molecule has 9 nitrogen and oxygen atoms in total.